The Hall–Kier alpha value is -1.16. The highest BCUT2D eigenvalue weighted by Gasteiger charge is 2.23. The molecular weight excluding hydrogens is 224 g/mol. The molecule has 0 radical (unpaired) electrons. The minimum absolute atomic E-state index is 0.0121. The van der Waals surface area contributed by atoms with Crippen molar-refractivity contribution in [2.75, 3.05) is 0 Å². The van der Waals surface area contributed by atoms with Crippen molar-refractivity contribution in [3.05, 3.63) is 29.8 Å². The van der Waals surface area contributed by atoms with Gasteiger partial charge in [-0.1, -0.05) is 25.0 Å². The van der Waals surface area contributed by atoms with Crippen LogP contribution in [-0.2, 0) is 0 Å². The van der Waals surface area contributed by atoms with Crippen molar-refractivity contribution in [2.45, 2.75) is 38.3 Å². The van der Waals surface area contributed by atoms with E-state index in [4.69, 9.17) is 5.73 Å². The highest BCUT2D eigenvalue weighted by atomic mass is 19.3. The Morgan fingerprint density at radius 3 is 2.24 bits per heavy atom. The first-order chi connectivity index (χ1) is 8.16. The van der Waals surface area contributed by atoms with Crippen LogP contribution in [0.2, 0.25) is 0 Å². The van der Waals surface area contributed by atoms with E-state index in [9.17, 15) is 8.78 Å². The van der Waals surface area contributed by atoms with Gasteiger partial charge in [0.2, 0.25) is 0 Å². The maximum absolute atomic E-state index is 12.0. The Morgan fingerprint density at radius 1 is 1.12 bits per heavy atom. The van der Waals surface area contributed by atoms with E-state index in [2.05, 4.69) is 4.74 Å². The number of hydrogen-bond acceptors (Lipinski definition) is 2. The molecule has 2 nitrogen and oxygen atoms in total. The summed E-state index contributed by atoms with van der Waals surface area (Å²) in [5.41, 5.74) is 7.16. The summed E-state index contributed by atoms with van der Waals surface area (Å²) in [5.74, 6) is 0.708. The Bertz CT molecular complexity index is 347. The first-order valence-electron chi connectivity index (χ1n) is 5.97. The fourth-order valence-corrected chi connectivity index (χ4v) is 2.46. The van der Waals surface area contributed by atoms with Gasteiger partial charge in [-0.2, -0.15) is 8.78 Å². The lowest BCUT2D eigenvalue weighted by Crippen LogP contribution is -2.18. The second kappa shape index (κ2) is 5.45. The highest BCUT2D eigenvalue weighted by molar-refractivity contribution is 5.29. The topological polar surface area (TPSA) is 35.2 Å². The van der Waals surface area contributed by atoms with Gasteiger partial charge in [0.1, 0.15) is 5.75 Å². The lowest BCUT2D eigenvalue weighted by molar-refractivity contribution is -0.0498. The smallest absolute Gasteiger partial charge is 0.387 e. The van der Waals surface area contributed by atoms with Crippen LogP contribution >= 0.6 is 0 Å². The van der Waals surface area contributed by atoms with Gasteiger partial charge in [-0.3, -0.25) is 0 Å². The van der Waals surface area contributed by atoms with E-state index in [1.807, 2.05) is 0 Å². The zero-order valence-electron chi connectivity index (χ0n) is 9.61. The Kier molecular flexibility index (Phi) is 3.94. The van der Waals surface area contributed by atoms with Crippen molar-refractivity contribution >= 4 is 0 Å². The minimum atomic E-state index is -2.77. The fourth-order valence-electron chi connectivity index (χ4n) is 2.46. The summed E-state index contributed by atoms with van der Waals surface area (Å²) in [5, 5.41) is 0. The molecule has 1 aromatic carbocycles. The molecule has 94 valence electrons. The van der Waals surface area contributed by atoms with E-state index < -0.39 is 6.61 Å². The maximum atomic E-state index is 12.0. The largest absolute Gasteiger partial charge is 0.435 e. The monoisotopic (exact) mass is 241 g/mol. The molecule has 1 atom stereocenters. The molecule has 0 unspecified atom stereocenters. The van der Waals surface area contributed by atoms with E-state index >= 15 is 0 Å². The van der Waals surface area contributed by atoms with Gasteiger partial charge >= 0.3 is 6.61 Å². The third-order valence-corrected chi connectivity index (χ3v) is 3.40. The average Bonchev–Trinajstić information content (AvgIpc) is 2.82. The summed E-state index contributed by atoms with van der Waals surface area (Å²) in [6.07, 6.45) is 4.81. The number of rotatable bonds is 4. The van der Waals surface area contributed by atoms with Gasteiger partial charge in [-0.15, -0.1) is 0 Å². The van der Waals surface area contributed by atoms with Gasteiger partial charge in [-0.25, -0.2) is 0 Å². The van der Waals surface area contributed by atoms with E-state index in [1.165, 1.54) is 12.8 Å². The normalized spacial score (nSPS) is 18.6. The molecule has 2 N–H and O–H groups in total. The van der Waals surface area contributed by atoms with Crippen molar-refractivity contribution in [1.29, 1.82) is 0 Å². The van der Waals surface area contributed by atoms with Crippen molar-refractivity contribution in [1.82, 2.24) is 0 Å². The third kappa shape index (κ3) is 3.16. The van der Waals surface area contributed by atoms with Gasteiger partial charge in [0.05, 0.1) is 0 Å². The third-order valence-electron chi connectivity index (χ3n) is 3.40. The molecule has 1 aromatic rings. The molecule has 0 bridgehead atoms. The Morgan fingerprint density at radius 2 is 1.71 bits per heavy atom. The molecule has 0 saturated heterocycles. The molecule has 1 fully saturated rings. The van der Waals surface area contributed by atoms with Crippen LogP contribution in [0.25, 0.3) is 0 Å². The highest BCUT2D eigenvalue weighted by Crippen LogP contribution is 2.34. The summed E-state index contributed by atoms with van der Waals surface area (Å²) >= 11 is 0. The molecule has 0 aromatic heterocycles. The average molecular weight is 241 g/mol. The van der Waals surface area contributed by atoms with Gasteiger partial charge in [0.25, 0.3) is 0 Å². The molecule has 1 saturated carbocycles. The molecule has 0 amide bonds. The minimum Gasteiger partial charge on any atom is -0.435 e. The van der Waals surface area contributed by atoms with Gasteiger partial charge in [0.15, 0.2) is 0 Å². The summed E-state index contributed by atoms with van der Waals surface area (Å²) in [6.45, 7) is -2.77. The second-order valence-corrected chi connectivity index (χ2v) is 4.52. The van der Waals surface area contributed by atoms with E-state index in [0.29, 0.717) is 5.92 Å². The van der Waals surface area contributed by atoms with E-state index in [-0.39, 0.29) is 11.8 Å². The summed E-state index contributed by atoms with van der Waals surface area (Å²) < 4.78 is 28.3. The zero-order valence-corrected chi connectivity index (χ0v) is 9.61. The quantitative estimate of drug-likeness (QED) is 0.875. The lowest BCUT2D eigenvalue weighted by Gasteiger charge is -2.19. The molecule has 17 heavy (non-hydrogen) atoms. The summed E-state index contributed by atoms with van der Waals surface area (Å²) in [7, 11) is 0. The van der Waals surface area contributed by atoms with Crippen molar-refractivity contribution < 1.29 is 13.5 Å². The number of halogens is 2. The van der Waals surface area contributed by atoms with Crippen LogP contribution in [0.1, 0.15) is 37.3 Å². The standard InChI is InChI=1S/C13H17F2NO/c14-13(15)17-11-7-5-10(6-8-11)12(16)9-3-1-2-4-9/h5-9,12-13H,1-4,16H2/t12-/m1/s1. The zero-order chi connectivity index (χ0) is 12.3. The number of alkyl halides is 2. The van der Waals surface area contributed by atoms with Crippen LogP contribution in [0.5, 0.6) is 5.75 Å². The summed E-state index contributed by atoms with van der Waals surface area (Å²) in [4.78, 5) is 0. The Labute approximate surface area is 99.8 Å². The van der Waals surface area contributed by atoms with Crippen molar-refractivity contribution in [3.8, 4) is 5.75 Å². The first kappa shape index (κ1) is 12.3. The second-order valence-electron chi connectivity index (χ2n) is 4.52. The van der Waals surface area contributed by atoms with Gasteiger partial charge < -0.3 is 10.5 Å². The van der Waals surface area contributed by atoms with Crippen molar-refractivity contribution in [3.63, 3.8) is 0 Å². The fraction of sp³-hybridized carbons (Fsp3) is 0.538. The van der Waals surface area contributed by atoms with Gasteiger partial charge in [0, 0.05) is 6.04 Å². The number of hydrogen-bond donors (Lipinski definition) is 1. The van der Waals surface area contributed by atoms with E-state index in [1.54, 1.807) is 24.3 Å². The molecule has 1 aliphatic carbocycles. The van der Waals surface area contributed by atoms with Crippen LogP contribution in [0.4, 0.5) is 8.78 Å². The summed E-state index contributed by atoms with van der Waals surface area (Å²) in [6, 6.07) is 6.67. The van der Waals surface area contributed by atoms with E-state index in [0.717, 1.165) is 18.4 Å². The predicted molar refractivity (Wildman–Crippen MR) is 62.0 cm³/mol. The SMILES string of the molecule is N[C@@H](c1ccc(OC(F)F)cc1)C1CCCC1. The van der Waals surface area contributed by atoms with Crippen LogP contribution in [-0.4, -0.2) is 6.61 Å². The van der Waals surface area contributed by atoms with Crippen LogP contribution < -0.4 is 10.5 Å². The van der Waals surface area contributed by atoms with Crippen LogP contribution in [0.15, 0.2) is 24.3 Å². The molecule has 4 heteroatoms. The molecule has 2 rings (SSSR count). The van der Waals surface area contributed by atoms with Gasteiger partial charge in [-0.05, 0) is 36.5 Å². The maximum Gasteiger partial charge on any atom is 0.387 e. The molecular formula is C13H17F2NO. The lowest BCUT2D eigenvalue weighted by atomic mass is 9.92. The molecule has 0 spiro atoms. The number of nitrogens with two attached hydrogens (primary N) is 1. The number of ether oxygens (including phenoxy) is 1. The van der Waals surface area contributed by atoms with Crippen LogP contribution in [0.3, 0.4) is 0 Å². The van der Waals surface area contributed by atoms with Crippen molar-refractivity contribution in [2.24, 2.45) is 11.7 Å². The molecule has 0 heterocycles. The molecule has 1 aliphatic rings. The molecule has 0 aliphatic heterocycles. The Balaban J connectivity index is 2.01. The van der Waals surface area contributed by atoms with Crippen LogP contribution in [0, 0.1) is 5.92 Å². The number of benzene rings is 1. The first-order valence-corrected chi connectivity index (χ1v) is 5.97. The predicted octanol–water partition coefficient (Wildman–Crippen LogP) is 3.48.